The van der Waals surface area contributed by atoms with Crippen LogP contribution in [-0.4, -0.2) is 29.9 Å². The van der Waals surface area contributed by atoms with Crippen molar-refractivity contribution in [2.24, 2.45) is 0 Å². The van der Waals surface area contributed by atoms with E-state index in [-0.39, 0.29) is 25.0 Å². The van der Waals surface area contributed by atoms with E-state index in [1.54, 1.807) is 24.3 Å². The quantitative estimate of drug-likeness (QED) is 0.809. The summed E-state index contributed by atoms with van der Waals surface area (Å²) in [6.45, 7) is 4.33. The Morgan fingerprint density at radius 3 is 2.10 bits per heavy atom. The molecule has 2 amide bonds. The number of benzene rings is 2. The van der Waals surface area contributed by atoms with Crippen LogP contribution in [0.2, 0.25) is 0 Å². The van der Waals surface area contributed by atoms with Crippen LogP contribution in [0.3, 0.4) is 0 Å². The highest BCUT2D eigenvalue weighted by Gasteiger charge is 2.34. The lowest BCUT2D eigenvalue weighted by atomic mass is 10.1. The second-order valence-electron chi connectivity index (χ2n) is 4.76. The van der Waals surface area contributed by atoms with Crippen molar-refractivity contribution in [1.29, 1.82) is 0 Å². The summed E-state index contributed by atoms with van der Waals surface area (Å²) in [5.74, 6) is 0.137. The molecule has 4 nitrogen and oxygen atoms in total. The Hall–Kier alpha value is -2.62. The fraction of sp³-hybridized carbons (Fsp3) is 0.118. The Morgan fingerprint density at radius 1 is 0.905 bits per heavy atom. The van der Waals surface area contributed by atoms with E-state index in [0.717, 1.165) is 5.56 Å². The van der Waals surface area contributed by atoms with Gasteiger partial charge in [-0.15, -0.1) is 0 Å². The number of fused-ring (bicyclic) bond motifs is 1. The molecule has 1 radical (unpaired) electrons. The third-order valence-corrected chi connectivity index (χ3v) is 3.42. The largest absolute Gasteiger partial charge is 0.491 e. The van der Waals surface area contributed by atoms with Crippen molar-refractivity contribution in [3.8, 4) is 5.75 Å². The van der Waals surface area contributed by atoms with Gasteiger partial charge in [-0.1, -0.05) is 30.3 Å². The molecule has 0 N–H and O–H groups in total. The summed E-state index contributed by atoms with van der Waals surface area (Å²) < 4.78 is 5.59. The van der Waals surface area contributed by atoms with Crippen LogP contribution in [0.25, 0.3) is 0 Å². The first-order chi connectivity index (χ1) is 10.2. The molecule has 0 saturated carbocycles. The lowest BCUT2D eigenvalue weighted by Crippen LogP contribution is -2.33. The Morgan fingerprint density at radius 2 is 1.48 bits per heavy atom. The zero-order valence-corrected chi connectivity index (χ0v) is 11.4. The van der Waals surface area contributed by atoms with E-state index >= 15 is 0 Å². The molecule has 1 aliphatic rings. The molecular formula is C17H14NO3. The number of amides is 2. The third kappa shape index (κ3) is 2.40. The normalized spacial score (nSPS) is 13.5. The van der Waals surface area contributed by atoms with Gasteiger partial charge in [-0.25, -0.2) is 0 Å². The molecule has 0 unspecified atom stereocenters. The molecule has 4 heteroatoms. The average molecular weight is 280 g/mol. The Labute approximate surface area is 123 Å². The van der Waals surface area contributed by atoms with E-state index < -0.39 is 0 Å². The number of carbonyl (C=O) groups is 2. The SMILES string of the molecule is [CH2]c1ccccc1OCCN1C(=O)c2ccccc2C1=O. The fourth-order valence-corrected chi connectivity index (χ4v) is 2.33. The van der Waals surface area contributed by atoms with Crippen molar-refractivity contribution in [2.75, 3.05) is 13.2 Å². The zero-order chi connectivity index (χ0) is 14.8. The molecule has 3 rings (SSSR count). The average Bonchev–Trinajstić information content (AvgIpc) is 2.74. The van der Waals surface area contributed by atoms with E-state index in [1.165, 1.54) is 4.90 Å². The van der Waals surface area contributed by atoms with Gasteiger partial charge in [0.15, 0.2) is 0 Å². The van der Waals surface area contributed by atoms with Gasteiger partial charge in [-0.3, -0.25) is 14.5 Å². The molecule has 0 atom stereocenters. The second-order valence-corrected chi connectivity index (χ2v) is 4.76. The van der Waals surface area contributed by atoms with E-state index in [4.69, 9.17) is 4.74 Å². The maximum atomic E-state index is 12.2. The summed E-state index contributed by atoms with van der Waals surface area (Å²) in [5.41, 5.74) is 1.69. The minimum Gasteiger partial charge on any atom is -0.491 e. The molecule has 0 fully saturated rings. The van der Waals surface area contributed by atoms with Crippen molar-refractivity contribution >= 4 is 11.8 Å². The molecule has 0 saturated heterocycles. The first kappa shape index (κ1) is 13.4. The first-order valence-electron chi connectivity index (χ1n) is 6.67. The van der Waals surface area contributed by atoms with Gasteiger partial charge in [0, 0.05) is 0 Å². The summed E-state index contributed by atoms with van der Waals surface area (Å²) in [6, 6.07) is 14.2. The number of rotatable bonds is 4. The van der Waals surface area contributed by atoms with E-state index in [0.29, 0.717) is 16.9 Å². The van der Waals surface area contributed by atoms with Crippen molar-refractivity contribution in [3.05, 3.63) is 72.1 Å². The van der Waals surface area contributed by atoms with Gasteiger partial charge in [0.25, 0.3) is 11.8 Å². The molecule has 21 heavy (non-hydrogen) atoms. The van der Waals surface area contributed by atoms with Gasteiger partial charge >= 0.3 is 0 Å². The standard InChI is InChI=1S/C17H14NO3/c1-12-6-2-5-9-15(12)21-11-10-18-16(19)13-7-3-4-8-14(13)17(18)20/h2-9H,1,10-11H2. The van der Waals surface area contributed by atoms with Crippen LogP contribution in [0.1, 0.15) is 26.3 Å². The van der Waals surface area contributed by atoms with Gasteiger partial charge < -0.3 is 4.74 Å². The van der Waals surface area contributed by atoms with Crippen molar-refractivity contribution < 1.29 is 14.3 Å². The van der Waals surface area contributed by atoms with E-state index in [1.807, 2.05) is 24.3 Å². The topological polar surface area (TPSA) is 46.6 Å². The molecular weight excluding hydrogens is 266 g/mol. The number of imide groups is 1. The van der Waals surface area contributed by atoms with Crippen LogP contribution in [0.4, 0.5) is 0 Å². The maximum Gasteiger partial charge on any atom is 0.261 e. The van der Waals surface area contributed by atoms with Crippen molar-refractivity contribution in [2.45, 2.75) is 0 Å². The van der Waals surface area contributed by atoms with Gasteiger partial charge in [0.05, 0.1) is 17.7 Å². The van der Waals surface area contributed by atoms with Gasteiger partial charge in [-0.2, -0.15) is 0 Å². The lowest BCUT2D eigenvalue weighted by Gasteiger charge is -2.15. The van der Waals surface area contributed by atoms with Gasteiger partial charge in [0.2, 0.25) is 0 Å². The van der Waals surface area contributed by atoms with Crippen molar-refractivity contribution in [1.82, 2.24) is 4.90 Å². The minimum atomic E-state index is -0.262. The predicted molar refractivity (Wildman–Crippen MR) is 78.2 cm³/mol. The molecule has 2 aromatic rings. The summed E-state index contributed by atoms with van der Waals surface area (Å²) in [5, 5.41) is 0. The number of carbonyl (C=O) groups excluding carboxylic acids is 2. The number of hydrogen-bond donors (Lipinski definition) is 0. The molecule has 105 valence electrons. The highest BCUT2D eigenvalue weighted by atomic mass is 16.5. The third-order valence-electron chi connectivity index (χ3n) is 3.42. The van der Waals surface area contributed by atoms with Crippen LogP contribution in [-0.2, 0) is 0 Å². The smallest absolute Gasteiger partial charge is 0.261 e. The first-order valence-corrected chi connectivity index (χ1v) is 6.67. The Kier molecular flexibility index (Phi) is 3.44. The molecule has 0 bridgehead atoms. The van der Waals surface area contributed by atoms with Crippen LogP contribution >= 0.6 is 0 Å². The van der Waals surface area contributed by atoms with Crippen LogP contribution in [0.5, 0.6) is 5.75 Å². The minimum absolute atomic E-state index is 0.223. The summed E-state index contributed by atoms with van der Waals surface area (Å²) in [6.07, 6.45) is 0. The highest BCUT2D eigenvalue weighted by Crippen LogP contribution is 2.22. The van der Waals surface area contributed by atoms with E-state index in [9.17, 15) is 9.59 Å². The Balaban J connectivity index is 1.66. The number of hydrogen-bond acceptors (Lipinski definition) is 3. The number of para-hydroxylation sites is 1. The van der Waals surface area contributed by atoms with Crippen LogP contribution in [0, 0.1) is 6.92 Å². The summed E-state index contributed by atoms with van der Waals surface area (Å²) in [4.78, 5) is 25.5. The van der Waals surface area contributed by atoms with Crippen LogP contribution in [0.15, 0.2) is 48.5 Å². The number of ether oxygens (including phenoxy) is 1. The van der Waals surface area contributed by atoms with Crippen LogP contribution < -0.4 is 4.74 Å². The molecule has 1 heterocycles. The molecule has 0 aliphatic carbocycles. The molecule has 2 aromatic carbocycles. The van der Waals surface area contributed by atoms with Crippen molar-refractivity contribution in [3.63, 3.8) is 0 Å². The van der Waals surface area contributed by atoms with Gasteiger partial charge in [-0.05, 0) is 30.7 Å². The number of nitrogens with zero attached hydrogens (tertiary/aromatic N) is 1. The molecule has 1 aliphatic heterocycles. The molecule has 0 spiro atoms. The predicted octanol–water partition coefficient (Wildman–Crippen LogP) is 2.54. The lowest BCUT2D eigenvalue weighted by molar-refractivity contribution is 0.0631. The maximum absolute atomic E-state index is 12.2. The molecule has 0 aromatic heterocycles. The Bertz CT molecular complexity index is 674. The fourth-order valence-electron chi connectivity index (χ4n) is 2.33. The van der Waals surface area contributed by atoms with E-state index in [2.05, 4.69) is 6.92 Å². The zero-order valence-electron chi connectivity index (χ0n) is 11.4. The van der Waals surface area contributed by atoms with Gasteiger partial charge in [0.1, 0.15) is 12.4 Å². The second kappa shape index (κ2) is 5.40. The monoisotopic (exact) mass is 280 g/mol. The summed E-state index contributed by atoms with van der Waals surface area (Å²) >= 11 is 0. The highest BCUT2D eigenvalue weighted by molar-refractivity contribution is 6.21. The summed E-state index contributed by atoms with van der Waals surface area (Å²) in [7, 11) is 0.